The minimum atomic E-state index is -1.03. The monoisotopic (exact) mass is 747 g/mol. The molecule has 0 aromatic heterocycles. The van der Waals surface area contributed by atoms with Gasteiger partial charge in [0, 0.05) is 49.3 Å². The molecule has 54 heavy (non-hydrogen) atoms. The number of rotatable bonds is 10. The van der Waals surface area contributed by atoms with E-state index in [0.717, 1.165) is 18.9 Å². The van der Waals surface area contributed by atoms with E-state index in [9.17, 15) is 28.8 Å². The number of hydrogen-bond acceptors (Lipinski definition) is 10. The smallest absolute Gasteiger partial charge is 0.405 e. The summed E-state index contributed by atoms with van der Waals surface area (Å²) in [5, 5.41) is 5.19. The number of ketones is 2. The highest BCUT2D eigenvalue weighted by Crippen LogP contribution is 2.30. The maximum absolute atomic E-state index is 14.1. The molecule has 6 atom stereocenters. The Morgan fingerprint density at radius 3 is 2.31 bits per heavy atom. The third-order valence-corrected chi connectivity index (χ3v) is 9.29. The molecular formula is C41H53N3O10. The quantitative estimate of drug-likeness (QED) is 0.122. The Kier molecular flexibility index (Phi) is 16.8. The number of allylic oxidation sites excluding steroid dienone is 4. The first-order valence-electron chi connectivity index (χ1n) is 18.2. The number of carbonyl (C=O) groups is 6. The fraction of sp³-hybridized carbons (Fsp3) is 0.463. The second-order valence-electron chi connectivity index (χ2n) is 13.7. The average Bonchev–Trinajstić information content (AvgIpc) is 3.13. The van der Waals surface area contributed by atoms with Crippen LogP contribution in [0.15, 0.2) is 88.8 Å². The second-order valence-corrected chi connectivity index (χ2v) is 13.7. The number of ether oxygens (including phenoxy) is 4. The van der Waals surface area contributed by atoms with Crippen LogP contribution in [-0.4, -0.2) is 74.1 Å². The van der Waals surface area contributed by atoms with Crippen LogP contribution in [0, 0.1) is 11.8 Å². The molecule has 4 N–H and O–H groups in total. The topological polar surface area (TPSA) is 189 Å². The number of methoxy groups -OCH3 is 2. The fourth-order valence-corrected chi connectivity index (χ4v) is 6.40. The summed E-state index contributed by atoms with van der Waals surface area (Å²) in [6.07, 6.45) is 5.86. The number of Topliss-reactive ketones (excluding diaryl/α,β-unsaturated/α-hetero) is 1. The highest BCUT2D eigenvalue weighted by atomic mass is 16.6. The molecule has 0 spiro atoms. The van der Waals surface area contributed by atoms with Crippen molar-refractivity contribution in [2.24, 2.45) is 17.6 Å². The lowest BCUT2D eigenvalue weighted by atomic mass is 9.85. The van der Waals surface area contributed by atoms with E-state index in [4.69, 9.17) is 24.7 Å². The van der Waals surface area contributed by atoms with Gasteiger partial charge in [0.15, 0.2) is 6.10 Å². The maximum atomic E-state index is 14.1. The summed E-state index contributed by atoms with van der Waals surface area (Å²) in [5.74, 6) is -3.80. The molecule has 292 valence electrons. The third-order valence-electron chi connectivity index (χ3n) is 9.29. The van der Waals surface area contributed by atoms with Gasteiger partial charge in [0.05, 0.1) is 17.5 Å². The van der Waals surface area contributed by atoms with Crippen LogP contribution in [-0.2, 0) is 38.1 Å². The lowest BCUT2D eigenvalue weighted by Crippen LogP contribution is -2.40. The van der Waals surface area contributed by atoms with Crippen LogP contribution in [0.2, 0.25) is 0 Å². The van der Waals surface area contributed by atoms with Crippen LogP contribution in [0.5, 0.6) is 0 Å². The van der Waals surface area contributed by atoms with E-state index in [1.165, 1.54) is 33.3 Å². The van der Waals surface area contributed by atoms with Gasteiger partial charge in [-0.3, -0.25) is 24.0 Å². The number of nitrogens with one attached hydrogen (secondary N) is 2. The van der Waals surface area contributed by atoms with Gasteiger partial charge >= 0.3 is 12.1 Å². The molecule has 1 aromatic rings. The lowest BCUT2D eigenvalue weighted by molar-refractivity contribution is -0.160. The summed E-state index contributed by atoms with van der Waals surface area (Å²) in [6.45, 7) is 8.97. The Morgan fingerprint density at radius 2 is 1.69 bits per heavy atom. The first-order chi connectivity index (χ1) is 25.7. The zero-order valence-electron chi connectivity index (χ0n) is 32.1. The standard InChI is InChI=1S/C41H53N3O10/c1-8-9-11-19-34(46)53-38-27(5)22-26(4)37(54-41(42)50)32(51-6)18-14-15-25(3)39(48)43-30-23-31(45)35(44-40(49)28-16-12-10-13-17-28)29(36(30)47)20-24(2)21-33(38)52-7/h10,12-18,22-24,27,32-33,37-38H,8-9,11,19-21H2,1-7H3,(H2,42,50)(H,43,48)(H,44,49)/b18-14-,25-15+,26-22+/t24-,27+,32+,33?,37?,38-/m1/s1. The summed E-state index contributed by atoms with van der Waals surface area (Å²) in [4.78, 5) is 79.4. The maximum Gasteiger partial charge on any atom is 0.405 e. The van der Waals surface area contributed by atoms with Crippen molar-refractivity contribution in [3.63, 3.8) is 0 Å². The third kappa shape index (κ3) is 12.2. The number of nitrogens with two attached hydrogens (primary N) is 1. The average molecular weight is 748 g/mol. The second kappa shape index (κ2) is 20.9. The zero-order valence-corrected chi connectivity index (χ0v) is 32.1. The number of hydrogen-bond donors (Lipinski definition) is 3. The fourth-order valence-electron chi connectivity index (χ4n) is 6.40. The van der Waals surface area contributed by atoms with Crippen LogP contribution in [0.25, 0.3) is 0 Å². The Labute approximate surface area is 317 Å². The Morgan fingerprint density at radius 1 is 0.981 bits per heavy atom. The molecule has 0 saturated carbocycles. The van der Waals surface area contributed by atoms with Crippen molar-refractivity contribution in [3.8, 4) is 0 Å². The zero-order chi connectivity index (χ0) is 39.9. The van der Waals surface area contributed by atoms with Crippen LogP contribution < -0.4 is 16.4 Å². The predicted octanol–water partition coefficient (Wildman–Crippen LogP) is 5.32. The highest BCUT2D eigenvalue weighted by Gasteiger charge is 2.36. The molecule has 2 aliphatic rings. The molecule has 0 fully saturated rings. The molecule has 3 rings (SSSR count). The molecular weight excluding hydrogens is 694 g/mol. The Hall–Kier alpha value is -5.14. The van der Waals surface area contributed by atoms with E-state index in [0.29, 0.717) is 12.0 Å². The van der Waals surface area contributed by atoms with Crippen LogP contribution in [0.1, 0.15) is 83.5 Å². The van der Waals surface area contributed by atoms with Gasteiger partial charge in [-0.1, -0.05) is 76.1 Å². The van der Waals surface area contributed by atoms with Crippen LogP contribution >= 0.6 is 0 Å². The molecule has 1 aromatic carbocycles. The van der Waals surface area contributed by atoms with E-state index in [1.807, 2.05) is 20.8 Å². The van der Waals surface area contributed by atoms with Crippen molar-refractivity contribution in [3.05, 3.63) is 94.4 Å². The van der Waals surface area contributed by atoms with Crippen LogP contribution in [0.3, 0.4) is 0 Å². The van der Waals surface area contributed by atoms with Crippen molar-refractivity contribution in [2.45, 2.75) is 97.6 Å². The summed E-state index contributed by atoms with van der Waals surface area (Å²) in [7, 11) is 2.91. The normalized spacial score (nSPS) is 27.0. The summed E-state index contributed by atoms with van der Waals surface area (Å²) in [6, 6.07) is 8.26. The lowest BCUT2D eigenvalue weighted by Gasteiger charge is -2.32. The summed E-state index contributed by atoms with van der Waals surface area (Å²) in [5.41, 5.74) is 6.05. The summed E-state index contributed by atoms with van der Waals surface area (Å²) >= 11 is 0. The van der Waals surface area contributed by atoms with Crippen molar-refractivity contribution in [1.82, 2.24) is 10.6 Å². The molecule has 0 radical (unpaired) electrons. The van der Waals surface area contributed by atoms with Crippen molar-refractivity contribution >= 4 is 35.4 Å². The van der Waals surface area contributed by atoms with Gasteiger partial charge in [0.25, 0.3) is 11.8 Å². The van der Waals surface area contributed by atoms with Gasteiger partial charge in [-0.25, -0.2) is 4.79 Å². The van der Waals surface area contributed by atoms with E-state index >= 15 is 0 Å². The highest BCUT2D eigenvalue weighted by molar-refractivity contribution is 6.24. The number of primary amides is 1. The molecule has 1 aliphatic heterocycles. The minimum Gasteiger partial charge on any atom is -0.459 e. The van der Waals surface area contributed by atoms with Gasteiger partial charge in [0.1, 0.15) is 12.2 Å². The van der Waals surface area contributed by atoms with E-state index in [-0.39, 0.29) is 53.3 Å². The first kappa shape index (κ1) is 43.3. The molecule has 2 bridgehead atoms. The molecule has 13 heteroatoms. The Bertz CT molecular complexity index is 1710. The van der Waals surface area contributed by atoms with Crippen molar-refractivity contribution < 1.29 is 47.7 Å². The number of carbonyl (C=O) groups excluding carboxylic acids is 6. The van der Waals surface area contributed by atoms with Crippen molar-refractivity contribution in [2.75, 3.05) is 14.2 Å². The molecule has 1 heterocycles. The number of benzene rings is 1. The van der Waals surface area contributed by atoms with E-state index in [2.05, 4.69) is 10.6 Å². The number of fused-ring (bicyclic) bond motifs is 2. The van der Waals surface area contributed by atoms with Gasteiger partial charge in [-0.15, -0.1) is 0 Å². The molecule has 3 amide bonds. The van der Waals surface area contributed by atoms with Crippen molar-refractivity contribution in [1.29, 1.82) is 0 Å². The molecule has 0 saturated heterocycles. The first-order valence-corrected chi connectivity index (χ1v) is 18.2. The summed E-state index contributed by atoms with van der Waals surface area (Å²) < 4.78 is 23.2. The number of esters is 1. The SMILES string of the molecule is CCCCCC(=O)O[C@H]1C(OC)C[C@H](C)CC2=C(NC(=O)c3ccccc3)C(=O)C=C(NC(=O)/C(C)=C/C=C\[C@H](OC)C(OC(N)=O)/C(C)=C/[C@@H]1C)C2=O. The van der Waals surface area contributed by atoms with Gasteiger partial charge in [-0.2, -0.15) is 0 Å². The van der Waals surface area contributed by atoms with Gasteiger partial charge in [-0.05, 0) is 56.7 Å². The van der Waals surface area contributed by atoms with Gasteiger partial charge in [0.2, 0.25) is 11.6 Å². The molecule has 2 unspecified atom stereocenters. The molecule has 13 nitrogen and oxygen atoms in total. The van der Waals surface area contributed by atoms with Crippen LogP contribution in [0.4, 0.5) is 4.79 Å². The minimum absolute atomic E-state index is 0.00403. The number of unbranched alkanes of at least 4 members (excludes halogenated alkanes) is 2. The Balaban J connectivity index is 2.16. The van der Waals surface area contributed by atoms with E-state index < -0.39 is 65.8 Å². The van der Waals surface area contributed by atoms with E-state index in [1.54, 1.807) is 49.4 Å². The largest absolute Gasteiger partial charge is 0.459 e. The molecule has 1 aliphatic carbocycles. The number of amides is 3. The predicted molar refractivity (Wildman–Crippen MR) is 201 cm³/mol. The van der Waals surface area contributed by atoms with Gasteiger partial charge < -0.3 is 35.3 Å².